The van der Waals surface area contributed by atoms with Gasteiger partial charge in [0.2, 0.25) is 0 Å². The van der Waals surface area contributed by atoms with Gasteiger partial charge in [-0.05, 0) is 54.6 Å². The van der Waals surface area contributed by atoms with E-state index in [4.69, 9.17) is 10.2 Å². The molecule has 8 heteroatoms. The zero-order valence-electron chi connectivity index (χ0n) is 14.1. The lowest BCUT2D eigenvalue weighted by molar-refractivity contribution is 0.0995. The second kappa shape index (κ2) is 7.87. The van der Waals surface area contributed by atoms with Gasteiger partial charge in [-0.2, -0.15) is 0 Å². The summed E-state index contributed by atoms with van der Waals surface area (Å²) in [5.41, 5.74) is 6.97. The number of furan rings is 1. The van der Waals surface area contributed by atoms with Gasteiger partial charge in [0.25, 0.3) is 11.8 Å². The molecular formula is C19H16N4O4. The predicted octanol–water partition coefficient (Wildman–Crippen LogP) is 3.27. The van der Waals surface area contributed by atoms with Crippen LogP contribution in [0.2, 0.25) is 0 Å². The first-order valence-corrected chi connectivity index (χ1v) is 7.94. The van der Waals surface area contributed by atoms with Gasteiger partial charge in [0.15, 0.2) is 5.76 Å². The van der Waals surface area contributed by atoms with Gasteiger partial charge in [-0.15, -0.1) is 0 Å². The van der Waals surface area contributed by atoms with Gasteiger partial charge < -0.3 is 26.1 Å². The molecule has 0 atom stereocenters. The molecule has 4 amide bonds. The van der Waals surface area contributed by atoms with Crippen LogP contribution in [0.5, 0.6) is 0 Å². The molecule has 0 aliphatic rings. The fourth-order valence-corrected chi connectivity index (χ4v) is 2.33. The minimum absolute atomic E-state index is 0.196. The number of nitrogens with two attached hydrogens (primary N) is 1. The molecule has 0 radical (unpaired) electrons. The zero-order chi connectivity index (χ0) is 19.2. The summed E-state index contributed by atoms with van der Waals surface area (Å²) in [6.07, 6.45) is 1.41. The topological polar surface area (TPSA) is 126 Å². The molecule has 0 saturated carbocycles. The van der Waals surface area contributed by atoms with Crippen molar-refractivity contribution in [2.75, 3.05) is 16.0 Å². The van der Waals surface area contributed by atoms with Crippen LogP contribution < -0.4 is 21.7 Å². The Bertz CT molecular complexity index is 966. The Morgan fingerprint density at radius 3 is 2.04 bits per heavy atom. The van der Waals surface area contributed by atoms with Gasteiger partial charge >= 0.3 is 6.03 Å². The molecule has 2 aromatic carbocycles. The summed E-state index contributed by atoms with van der Waals surface area (Å²) in [5.74, 6) is -0.521. The van der Waals surface area contributed by atoms with E-state index >= 15 is 0 Å². The highest BCUT2D eigenvalue weighted by Crippen LogP contribution is 2.17. The van der Waals surface area contributed by atoms with E-state index in [1.54, 1.807) is 60.7 Å². The summed E-state index contributed by atoms with van der Waals surface area (Å²) in [5, 5.41) is 7.83. The van der Waals surface area contributed by atoms with E-state index in [0.717, 1.165) is 0 Å². The van der Waals surface area contributed by atoms with E-state index in [-0.39, 0.29) is 17.6 Å². The Balaban J connectivity index is 1.64. The summed E-state index contributed by atoms with van der Waals surface area (Å²) in [7, 11) is 0. The number of urea groups is 1. The Morgan fingerprint density at radius 1 is 0.741 bits per heavy atom. The average molecular weight is 364 g/mol. The monoisotopic (exact) mass is 364 g/mol. The average Bonchev–Trinajstić information content (AvgIpc) is 3.17. The molecule has 0 bridgehead atoms. The lowest BCUT2D eigenvalue weighted by atomic mass is 10.2. The minimum Gasteiger partial charge on any atom is -0.459 e. The van der Waals surface area contributed by atoms with Crippen LogP contribution in [0.4, 0.5) is 21.9 Å². The van der Waals surface area contributed by atoms with Crippen LogP contribution in [0.25, 0.3) is 0 Å². The fourth-order valence-electron chi connectivity index (χ4n) is 2.33. The number of nitrogens with one attached hydrogen (secondary N) is 3. The quantitative estimate of drug-likeness (QED) is 0.554. The number of amides is 4. The molecule has 27 heavy (non-hydrogen) atoms. The molecule has 5 N–H and O–H groups in total. The Labute approximate surface area is 154 Å². The third-order valence-corrected chi connectivity index (χ3v) is 3.54. The smallest absolute Gasteiger partial charge is 0.316 e. The van der Waals surface area contributed by atoms with Crippen molar-refractivity contribution in [3.05, 3.63) is 78.3 Å². The summed E-state index contributed by atoms with van der Waals surface area (Å²) in [4.78, 5) is 35.2. The molecular weight excluding hydrogens is 348 g/mol. The first-order chi connectivity index (χ1) is 13.0. The van der Waals surface area contributed by atoms with E-state index in [2.05, 4.69) is 16.0 Å². The van der Waals surface area contributed by atoms with Gasteiger partial charge in [0, 0.05) is 22.6 Å². The first kappa shape index (κ1) is 17.7. The largest absolute Gasteiger partial charge is 0.459 e. The fraction of sp³-hybridized carbons (Fsp3) is 0. The molecule has 1 heterocycles. The van der Waals surface area contributed by atoms with Crippen LogP contribution in [0.3, 0.4) is 0 Å². The van der Waals surface area contributed by atoms with Crippen LogP contribution in [0, 0.1) is 0 Å². The highest BCUT2D eigenvalue weighted by Gasteiger charge is 2.10. The summed E-state index contributed by atoms with van der Waals surface area (Å²) in [6.45, 7) is 0. The van der Waals surface area contributed by atoms with E-state index in [1.807, 2.05) is 0 Å². The second-order valence-corrected chi connectivity index (χ2v) is 5.53. The van der Waals surface area contributed by atoms with Crippen molar-refractivity contribution in [2.24, 2.45) is 5.73 Å². The maximum Gasteiger partial charge on any atom is 0.316 e. The van der Waals surface area contributed by atoms with E-state index in [0.29, 0.717) is 22.6 Å². The van der Waals surface area contributed by atoms with Gasteiger partial charge in [-0.1, -0.05) is 6.07 Å². The molecule has 3 aromatic rings. The van der Waals surface area contributed by atoms with E-state index in [9.17, 15) is 14.4 Å². The third kappa shape index (κ3) is 4.73. The van der Waals surface area contributed by atoms with Crippen LogP contribution in [-0.4, -0.2) is 17.8 Å². The van der Waals surface area contributed by atoms with Gasteiger partial charge in [-0.25, -0.2) is 4.79 Å². The first-order valence-electron chi connectivity index (χ1n) is 7.94. The predicted molar refractivity (Wildman–Crippen MR) is 101 cm³/mol. The van der Waals surface area contributed by atoms with Crippen molar-refractivity contribution in [1.82, 2.24) is 0 Å². The van der Waals surface area contributed by atoms with Crippen LogP contribution in [0.1, 0.15) is 20.9 Å². The number of carbonyl (C=O) groups excluding carboxylic acids is 3. The second-order valence-electron chi connectivity index (χ2n) is 5.53. The SMILES string of the molecule is NC(=O)Nc1cccc(NC(=O)c2ccc(NC(=O)c3ccco3)cc2)c1. The lowest BCUT2D eigenvalue weighted by Gasteiger charge is -2.08. The minimum atomic E-state index is -0.689. The van der Waals surface area contributed by atoms with Gasteiger partial charge in [-0.3, -0.25) is 9.59 Å². The summed E-state index contributed by atoms with van der Waals surface area (Å²) >= 11 is 0. The lowest BCUT2D eigenvalue weighted by Crippen LogP contribution is -2.19. The van der Waals surface area contributed by atoms with Crippen LogP contribution >= 0.6 is 0 Å². The van der Waals surface area contributed by atoms with Gasteiger partial charge in [0.1, 0.15) is 0 Å². The van der Waals surface area contributed by atoms with Crippen molar-refractivity contribution in [3.8, 4) is 0 Å². The van der Waals surface area contributed by atoms with E-state index in [1.165, 1.54) is 6.26 Å². The Kier molecular flexibility index (Phi) is 5.17. The summed E-state index contributed by atoms with van der Waals surface area (Å²) < 4.78 is 5.02. The number of benzene rings is 2. The summed E-state index contributed by atoms with van der Waals surface area (Å²) in [6, 6.07) is 15.5. The number of carbonyl (C=O) groups is 3. The van der Waals surface area contributed by atoms with Crippen LogP contribution in [-0.2, 0) is 0 Å². The highest BCUT2D eigenvalue weighted by atomic mass is 16.3. The van der Waals surface area contributed by atoms with E-state index < -0.39 is 6.03 Å². The molecule has 0 saturated heterocycles. The molecule has 0 fully saturated rings. The maximum atomic E-state index is 12.3. The van der Waals surface area contributed by atoms with Crippen molar-refractivity contribution in [2.45, 2.75) is 0 Å². The molecule has 8 nitrogen and oxygen atoms in total. The molecule has 0 aliphatic carbocycles. The normalized spacial score (nSPS) is 10.1. The molecule has 3 rings (SSSR count). The van der Waals surface area contributed by atoms with Crippen molar-refractivity contribution < 1.29 is 18.8 Å². The molecule has 0 unspecified atom stereocenters. The van der Waals surface area contributed by atoms with Gasteiger partial charge in [0.05, 0.1) is 6.26 Å². The Hall–Kier alpha value is -4.07. The third-order valence-electron chi connectivity index (χ3n) is 3.54. The van der Waals surface area contributed by atoms with Crippen LogP contribution in [0.15, 0.2) is 71.3 Å². The molecule has 1 aromatic heterocycles. The number of hydrogen-bond acceptors (Lipinski definition) is 4. The highest BCUT2D eigenvalue weighted by molar-refractivity contribution is 6.06. The molecule has 136 valence electrons. The maximum absolute atomic E-state index is 12.3. The number of anilines is 3. The zero-order valence-corrected chi connectivity index (χ0v) is 14.1. The number of hydrogen-bond donors (Lipinski definition) is 4. The number of rotatable bonds is 5. The van der Waals surface area contributed by atoms with Crippen molar-refractivity contribution in [1.29, 1.82) is 0 Å². The number of primary amides is 1. The molecule has 0 spiro atoms. The molecule has 0 aliphatic heterocycles. The van der Waals surface area contributed by atoms with Crippen molar-refractivity contribution >= 4 is 34.9 Å². The standard InChI is InChI=1S/C19H16N4O4/c20-19(26)23-15-4-1-3-14(11-15)22-17(24)12-6-8-13(9-7-12)21-18(25)16-5-2-10-27-16/h1-11H,(H,21,25)(H,22,24)(H3,20,23,26). The van der Waals surface area contributed by atoms with Crippen molar-refractivity contribution in [3.63, 3.8) is 0 Å². The Morgan fingerprint density at radius 2 is 1.41 bits per heavy atom.